The van der Waals surface area contributed by atoms with E-state index in [0.29, 0.717) is 0 Å². The van der Waals surface area contributed by atoms with Crippen molar-refractivity contribution in [3.8, 4) is 0 Å². The van der Waals surface area contributed by atoms with Gasteiger partial charge >= 0.3 is 12.1 Å². The van der Waals surface area contributed by atoms with E-state index in [4.69, 9.17) is 9.84 Å². The van der Waals surface area contributed by atoms with Crippen molar-refractivity contribution < 1.29 is 24.5 Å². The number of aliphatic carboxylic acids is 1. The molecule has 0 aromatic heterocycles. The number of amides is 1. The maximum atomic E-state index is 11.7. The van der Waals surface area contributed by atoms with Gasteiger partial charge in [0.2, 0.25) is 0 Å². The lowest BCUT2D eigenvalue weighted by Gasteiger charge is -2.24. The zero-order valence-electron chi connectivity index (χ0n) is 10.3. The SMILES string of the molecule is CC(C)(C)OC(=O)N1C[C@H](CC(=O)O)[C@@H](O)C1. The molecule has 1 fully saturated rings. The Bertz CT molecular complexity index is 309. The van der Waals surface area contributed by atoms with Crippen LogP contribution in [0.2, 0.25) is 0 Å². The number of aliphatic hydroxyl groups excluding tert-OH is 1. The van der Waals surface area contributed by atoms with E-state index in [1.54, 1.807) is 20.8 Å². The zero-order valence-corrected chi connectivity index (χ0v) is 10.3. The van der Waals surface area contributed by atoms with Crippen molar-refractivity contribution >= 4 is 12.1 Å². The van der Waals surface area contributed by atoms with Gasteiger partial charge < -0.3 is 19.8 Å². The van der Waals surface area contributed by atoms with E-state index in [1.807, 2.05) is 0 Å². The summed E-state index contributed by atoms with van der Waals surface area (Å²) >= 11 is 0. The minimum absolute atomic E-state index is 0.132. The molecular weight excluding hydrogens is 226 g/mol. The van der Waals surface area contributed by atoms with Gasteiger partial charge in [0.15, 0.2) is 0 Å². The lowest BCUT2D eigenvalue weighted by molar-refractivity contribution is -0.138. The zero-order chi connectivity index (χ0) is 13.2. The molecule has 98 valence electrons. The molecule has 0 spiro atoms. The summed E-state index contributed by atoms with van der Waals surface area (Å²) in [4.78, 5) is 23.6. The van der Waals surface area contributed by atoms with Gasteiger partial charge in [0.25, 0.3) is 0 Å². The Hall–Kier alpha value is -1.30. The van der Waals surface area contributed by atoms with Gasteiger partial charge in [-0.3, -0.25) is 4.79 Å². The van der Waals surface area contributed by atoms with Crippen LogP contribution in [0.4, 0.5) is 4.79 Å². The van der Waals surface area contributed by atoms with Crippen LogP contribution in [-0.2, 0) is 9.53 Å². The molecule has 1 rings (SSSR count). The average Bonchev–Trinajstić information content (AvgIpc) is 2.44. The van der Waals surface area contributed by atoms with Gasteiger partial charge in [0.1, 0.15) is 5.60 Å². The second-order valence-electron chi connectivity index (χ2n) is 5.31. The topological polar surface area (TPSA) is 87.1 Å². The van der Waals surface area contributed by atoms with Crippen molar-refractivity contribution in [2.45, 2.75) is 38.9 Å². The van der Waals surface area contributed by atoms with Crippen molar-refractivity contribution in [1.29, 1.82) is 0 Å². The molecule has 1 aliphatic rings. The number of carbonyl (C=O) groups excluding carboxylic acids is 1. The van der Waals surface area contributed by atoms with Crippen LogP contribution < -0.4 is 0 Å². The smallest absolute Gasteiger partial charge is 0.410 e. The molecule has 0 aromatic carbocycles. The Kier molecular flexibility index (Phi) is 3.98. The number of carboxylic acid groups (broad SMARTS) is 1. The number of rotatable bonds is 2. The van der Waals surface area contributed by atoms with Gasteiger partial charge in [0, 0.05) is 12.5 Å². The minimum Gasteiger partial charge on any atom is -0.481 e. The molecule has 2 atom stereocenters. The van der Waals surface area contributed by atoms with Crippen molar-refractivity contribution in [2.24, 2.45) is 5.92 Å². The highest BCUT2D eigenvalue weighted by Crippen LogP contribution is 2.22. The molecule has 1 saturated heterocycles. The number of nitrogens with zero attached hydrogens (tertiary/aromatic N) is 1. The molecular formula is C11H19NO5. The third-order valence-corrected chi connectivity index (χ3v) is 2.49. The highest BCUT2D eigenvalue weighted by molar-refractivity contribution is 5.70. The average molecular weight is 245 g/mol. The van der Waals surface area contributed by atoms with Crippen molar-refractivity contribution in [1.82, 2.24) is 4.90 Å². The predicted octanol–water partition coefficient (Wildman–Crippen LogP) is 0.689. The van der Waals surface area contributed by atoms with Crippen molar-refractivity contribution in [2.75, 3.05) is 13.1 Å². The molecule has 0 saturated carbocycles. The Balaban J connectivity index is 2.53. The number of hydrogen-bond acceptors (Lipinski definition) is 4. The third kappa shape index (κ3) is 4.22. The standard InChI is InChI=1S/C11H19NO5/c1-11(2,3)17-10(16)12-5-7(4-9(14)15)8(13)6-12/h7-8,13H,4-6H2,1-3H3,(H,14,15)/t7-,8-/m0/s1. The summed E-state index contributed by atoms with van der Waals surface area (Å²) in [5.41, 5.74) is -0.590. The Morgan fingerprint density at radius 2 is 1.94 bits per heavy atom. The van der Waals surface area contributed by atoms with Gasteiger partial charge in [-0.2, -0.15) is 0 Å². The van der Waals surface area contributed by atoms with E-state index in [1.165, 1.54) is 4.90 Å². The fourth-order valence-electron chi connectivity index (χ4n) is 1.75. The quantitative estimate of drug-likeness (QED) is 0.747. The van der Waals surface area contributed by atoms with Crippen molar-refractivity contribution in [3.63, 3.8) is 0 Å². The molecule has 6 nitrogen and oxygen atoms in total. The van der Waals surface area contributed by atoms with E-state index in [0.717, 1.165) is 0 Å². The first-order valence-corrected chi connectivity index (χ1v) is 5.57. The number of likely N-dealkylation sites (tertiary alicyclic amines) is 1. The summed E-state index contributed by atoms with van der Waals surface area (Å²) in [6.07, 6.45) is -1.44. The molecule has 0 aromatic rings. The first kappa shape index (κ1) is 13.8. The Morgan fingerprint density at radius 1 is 1.35 bits per heavy atom. The maximum Gasteiger partial charge on any atom is 0.410 e. The predicted molar refractivity (Wildman–Crippen MR) is 59.6 cm³/mol. The largest absolute Gasteiger partial charge is 0.481 e. The number of aliphatic hydroxyl groups is 1. The monoisotopic (exact) mass is 245 g/mol. The molecule has 1 amide bonds. The lowest BCUT2D eigenvalue weighted by atomic mass is 10.0. The molecule has 2 N–H and O–H groups in total. The second-order valence-corrected chi connectivity index (χ2v) is 5.31. The highest BCUT2D eigenvalue weighted by Gasteiger charge is 2.37. The summed E-state index contributed by atoms with van der Waals surface area (Å²) < 4.78 is 5.15. The van der Waals surface area contributed by atoms with Crippen LogP contribution in [0.1, 0.15) is 27.2 Å². The van der Waals surface area contributed by atoms with Gasteiger partial charge in [0.05, 0.1) is 19.1 Å². The van der Waals surface area contributed by atoms with Gasteiger partial charge in [-0.1, -0.05) is 0 Å². The van der Waals surface area contributed by atoms with E-state index in [9.17, 15) is 14.7 Å². The van der Waals surface area contributed by atoms with Crippen molar-refractivity contribution in [3.05, 3.63) is 0 Å². The fraction of sp³-hybridized carbons (Fsp3) is 0.818. The molecule has 0 radical (unpaired) electrons. The van der Waals surface area contributed by atoms with E-state index in [-0.39, 0.29) is 19.5 Å². The van der Waals surface area contributed by atoms with Gasteiger partial charge in [-0.15, -0.1) is 0 Å². The number of hydrogen-bond donors (Lipinski definition) is 2. The number of β-amino-alcohol motifs (C(OH)–C–C–N with tert-alkyl or cyclic N) is 1. The fourth-order valence-corrected chi connectivity index (χ4v) is 1.75. The normalized spacial score (nSPS) is 24.8. The van der Waals surface area contributed by atoms with Crippen LogP contribution >= 0.6 is 0 Å². The number of ether oxygens (including phenoxy) is 1. The van der Waals surface area contributed by atoms with Gasteiger partial charge in [-0.05, 0) is 20.8 Å². The number of carbonyl (C=O) groups is 2. The summed E-state index contributed by atoms with van der Waals surface area (Å²) in [7, 11) is 0. The molecule has 0 aliphatic carbocycles. The molecule has 1 heterocycles. The molecule has 0 unspecified atom stereocenters. The Morgan fingerprint density at radius 3 is 2.41 bits per heavy atom. The number of carboxylic acids is 1. The molecule has 0 bridgehead atoms. The van der Waals surface area contributed by atoms with Crippen LogP contribution in [0, 0.1) is 5.92 Å². The highest BCUT2D eigenvalue weighted by atomic mass is 16.6. The van der Waals surface area contributed by atoms with Crippen LogP contribution in [-0.4, -0.2) is 52.0 Å². The third-order valence-electron chi connectivity index (χ3n) is 2.49. The minimum atomic E-state index is -0.972. The van der Waals surface area contributed by atoms with Crippen LogP contribution in [0.15, 0.2) is 0 Å². The second kappa shape index (κ2) is 4.91. The molecule has 6 heteroatoms. The summed E-state index contributed by atoms with van der Waals surface area (Å²) in [5, 5.41) is 18.3. The van der Waals surface area contributed by atoms with Crippen LogP contribution in [0.3, 0.4) is 0 Å². The van der Waals surface area contributed by atoms with E-state index >= 15 is 0 Å². The van der Waals surface area contributed by atoms with E-state index in [2.05, 4.69) is 0 Å². The summed E-state index contributed by atoms with van der Waals surface area (Å²) in [6, 6.07) is 0. The van der Waals surface area contributed by atoms with Crippen LogP contribution in [0.25, 0.3) is 0 Å². The van der Waals surface area contributed by atoms with E-state index < -0.39 is 29.7 Å². The lowest BCUT2D eigenvalue weighted by Crippen LogP contribution is -2.35. The van der Waals surface area contributed by atoms with Crippen LogP contribution in [0.5, 0.6) is 0 Å². The summed E-state index contributed by atoms with van der Waals surface area (Å²) in [6.45, 7) is 5.62. The molecule has 1 aliphatic heterocycles. The Labute approximate surface area is 100 Å². The molecule has 17 heavy (non-hydrogen) atoms. The first-order valence-electron chi connectivity index (χ1n) is 5.57. The first-order chi connectivity index (χ1) is 7.69. The summed E-state index contributed by atoms with van der Waals surface area (Å²) in [5.74, 6) is -1.39. The van der Waals surface area contributed by atoms with Gasteiger partial charge in [-0.25, -0.2) is 4.79 Å². The maximum absolute atomic E-state index is 11.7.